The molecule has 3 nitrogen and oxygen atoms in total. The van der Waals surface area contributed by atoms with Crippen LogP contribution in [-0.2, 0) is 0 Å². The van der Waals surface area contributed by atoms with Crippen molar-refractivity contribution < 1.29 is 4.79 Å². The highest BCUT2D eigenvalue weighted by Crippen LogP contribution is 2.14. The maximum Gasteiger partial charge on any atom is 0.211 e. The Morgan fingerprint density at radius 1 is 1.24 bits per heavy atom. The molecule has 0 aliphatic rings. The van der Waals surface area contributed by atoms with Crippen LogP contribution >= 0.6 is 11.8 Å². The van der Waals surface area contributed by atoms with Crippen molar-refractivity contribution in [3.8, 4) is 0 Å². The first-order valence-electron chi connectivity index (χ1n) is 5.19. The molecule has 0 saturated heterocycles. The Hall–Kier alpha value is -1.68. The number of nitrogens with zero attached hydrogens (tertiary/aromatic N) is 2. The van der Waals surface area contributed by atoms with E-state index in [4.69, 9.17) is 0 Å². The van der Waals surface area contributed by atoms with Gasteiger partial charge in [0.05, 0.1) is 0 Å². The van der Waals surface area contributed by atoms with Gasteiger partial charge in [-0.3, -0.25) is 4.79 Å². The molecule has 0 unspecified atom stereocenters. The van der Waals surface area contributed by atoms with Gasteiger partial charge in [-0.2, -0.15) is 0 Å². The van der Waals surface area contributed by atoms with E-state index in [-0.39, 0.29) is 5.78 Å². The van der Waals surface area contributed by atoms with Crippen LogP contribution in [0.15, 0.2) is 41.7 Å². The lowest BCUT2D eigenvalue weighted by Gasteiger charge is -2.04. The summed E-state index contributed by atoms with van der Waals surface area (Å²) in [5.41, 5.74) is 2.10. The minimum Gasteiger partial charge on any atom is -0.287 e. The number of ketones is 1. The molecule has 86 valence electrons. The third-order valence-electron chi connectivity index (χ3n) is 2.44. The summed E-state index contributed by atoms with van der Waals surface area (Å²) < 4.78 is 0. The first kappa shape index (κ1) is 11.8. The molecular weight excluding hydrogens is 232 g/mol. The van der Waals surface area contributed by atoms with Gasteiger partial charge >= 0.3 is 0 Å². The normalized spacial score (nSPS) is 10.2. The standard InChI is InChI=1S/C13H12N2OS/c1-9-5-3-4-6-10(9)12(16)11-7-8-14-13(15-11)17-2/h3-8H,1-2H3. The maximum absolute atomic E-state index is 12.2. The highest BCUT2D eigenvalue weighted by Gasteiger charge is 2.13. The quantitative estimate of drug-likeness (QED) is 0.473. The molecule has 2 aromatic rings. The van der Waals surface area contributed by atoms with E-state index in [2.05, 4.69) is 9.97 Å². The molecule has 1 aromatic heterocycles. The van der Waals surface area contributed by atoms with Crippen molar-refractivity contribution in [3.05, 3.63) is 53.3 Å². The van der Waals surface area contributed by atoms with Gasteiger partial charge in [-0.25, -0.2) is 9.97 Å². The number of thioether (sulfide) groups is 1. The molecule has 2 rings (SSSR count). The largest absolute Gasteiger partial charge is 0.287 e. The molecule has 0 saturated carbocycles. The van der Waals surface area contributed by atoms with Gasteiger partial charge in [0.2, 0.25) is 5.78 Å². The summed E-state index contributed by atoms with van der Waals surface area (Å²) in [4.78, 5) is 20.5. The Bertz CT molecular complexity index is 555. The minimum absolute atomic E-state index is 0.0548. The number of aromatic nitrogens is 2. The molecule has 0 atom stereocenters. The SMILES string of the molecule is CSc1nccc(C(=O)c2ccccc2C)n1. The molecular formula is C13H12N2OS. The molecule has 0 amide bonds. The number of carbonyl (C=O) groups excluding carboxylic acids is 1. The molecule has 0 fully saturated rings. The van der Waals surface area contributed by atoms with Crippen LogP contribution in [0.5, 0.6) is 0 Å². The van der Waals surface area contributed by atoms with Gasteiger partial charge in [0.25, 0.3) is 0 Å². The zero-order valence-electron chi connectivity index (χ0n) is 9.68. The molecule has 1 aromatic carbocycles. The van der Waals surface area contributed by atoms with Gasteiger partial charge in [0, 0.05) is 11.8 Å². The molecule has 17 heavy (non-hydrogen) atoms. The van der Waals surface area contributed by atoms with Crippen LogP contribution in [0.25, 0.3) is 0 Å². The zero-order valence-corrected chi connectivity index (χ0v) is 10.5. The second-order valence-electron chi connectivity index (χ2n) is 3.57. The van der Waals surface area contributed by atoms with Gasteiger partial charge in [-0.15, -0.1) is 0 Å². The van der Waals surface area contributed by atoms with E-state index in [0.717, 1.165) is 5.56 Å². The number of aryl methyl sites for hydroxylation is 1. The average Bonchev–Trinajstić information content (AvgIpc) is 2.38. The van der Waals surface area contributed by atoms with Crippen molar-refractivity contribution >= 4 is 17.5 Å². The number of rotatable bonds is 3. The van der Waals surface area contributed by atoms with Crippen LogP contribution in [0.2, 0.25) is 0 Å². The van der Waals surface area contributed by atoms with Gasteiger partial charge < -0.3 is 0 Å². The molecule has 0 aliphatic heterocycles. The molecule has 0 aliphatic carbocycles. The first-order valence-corrected chi connectivity index (χ1v) is 6.42. The summed E-state index contributed by atoms with van der Waals surface area (Å²) in [6.07, 6.45) is 3.50. The monoisotopic (exact) mass is 244 g/mol. The maximum atomic E-state index is 12.2. The van der Waals surface area contributed by atoms with Crippen LogP contribution in [0.4, 0.5) is 0 Å². The Labute approximate surface area is 104 Å². The summed E-state index contributed by atoms with van der Waals surface area (Å²) in [6, 6.07) is 9.16. The second kappa shape index (κ2) is 5.10. The fourth-order valence-electron chi connectivity index (χ4n) is 1.53. The number of hydrogen-bond acceptors (Lipinski definition) is 4. The first-order chi connectivity index (χ1) is 8.22. The van der Waals surface area contributed by atoms with Crippen LogP contribution in [0.1, 0.15) is 21.6 Å². The Morgan fingerprint density at radius 2 is 2.00 bits per heavy atom. The molecule has 1 heterocycles. The van der Waals surface area contributed by atoms with Crippen LogP contribution < -0.4 is 0 Å². The van der Waals surface area contributed by atoms with E-state index in [1.807, 2.05) is 37.4 Å². The second-order valence-corrected chi connectivity index (χ2v) is 4.35. The van der Waals surface area contributed by atoms with Crippen LogP contribution in [-0.4, -0.2) is 22.0 Å². The smallest absolute Gasteiger partial charge is 0.211 e. The van der Waals surface area contributed by atoms with E-state index >= 15 is 0 Å². The lowest BCUT2D eigenvalue weighted by molar-refractivity contribution is 0.103. The van der Waals surface area contributed by atoms with E-state index < -0.39 is 0 Å². The average molecular weight is 244 g/mol. The number of carbonyl (C=O) groups is 1. The van der Waals surface area contributed by atoms with Gasteiger partial charge in [-0.1, -0.05) is 36.0 Å². The van der Waals surface area contributed by atoms with Crippen molar-refractivity contribution in [1.29, 1.82) is 0 Å². The fourth-order valence-corrected chi connectivity index (χ4v) is 1.89. The lowest BCUT2D eigenvalue weighted by Crippen LogP contribution is -2.06. The van der Waals surface area contributed by atoms with E-state index in [0.29, 0.717) is 16.4 Å². The zero-order chi connectivity index (χ0) is 12.3. The Kier molecular flexibility index (Phi) is 3.54. The van der Waals surface area contributed by atoms with Gasteiger partial charge in [-0.05, 0) is 24.8 Å². The molecule has 0 N–H and O–H groups in total. The third-order valence-corrected chi connectivity index (χ3v) is 3.00. The van der Waals surface area contributed by atoms with Crippen molar-refractivity contribution in [1.82, 2.24) is 9.97 Å². The van der Waals surface area contributed by atoms with Crippen LogP contribution in [0.3, 0.4) is 0 Å². The number of hydrogen-bond donors (Lipinski definition) is 0. The predicted octanol–water partition coefficient (Wildman–Crippen LogP) is 2.74. The van der Waals surface area contributed by atoms with Gasteiger partial charge in [0.15, 0.2) is 5.16 Å². The van der Waals surface area contributed by atoms with Crippen LogP contribution in [0, 0.1) is 6.92 Å². The predicted molar refractivity (Wildman–Crippen MR) is 68.4 cm³/mol. The highest BCUT2D eigenvalue weighted by atomic mass is 32.2. The molecule has 0 radical (unpaired) electrons. The van der Waals surface area contributed by atoms with Crippen molar-refractivity contribution in [2.45, 2.75) is 12.1 Å². The van der Waals surface area contributed by atoms with Crippen molar-refractivity contribution in [3.63, 3.8) is 0 Å². The minimum atomic E-state index is -0.0548. The van der Waals surface area contributed by atoms with Crippen molar-refractivity contribution in [2.75, 3.05) is 6.26 Å². The third kappa shape index (κ3) is 2.53. The summed E-state index contributed by atoms with van der Waals surface area (Å²) in [5.74, 6) is -0.0548. The summed E-state index contributed by atoms with van der Waals surface area (Å²) in [5, 5.41) is 0.615. The van der Waals surface area contributed by atoms with E-state index in [1.165, 1.54) is 11.8 Å². The molecule has 0 spiro atoms. The van der Waals surface area contributed by atoms with Gasteiger partial charge in [0.1, 0.15) is 5.69 Å². The Balaban J connectivity index is 2.40. The van der Waals surface area contributed by atoms with E-state index in [9.17, 15) is 4.79 Å². The summed E-state index contributed by atoms with van der Waals surface area (Å²) >= 11 is 1.43. The fraction of sp³-hybridized carbons (Fsp3) is 0.154. The van der Waals surface area contributed by atoms with Crippen molar-refractivity contribution in [2.24, 2.45) is 0 Å². The summed E-state index contributed by atoms with van der Waals surface area (Å²) in [6.45, 7) is 1.92. The molecule has 4 heteroatoms. The topological polar surface area (TPSA) is 42.9 Å². The summed E-state index contributed by atoms with van der Waals surface area (Å²) in [7, 11) is 0. The lowest BCUT2D eigenvalue weighted by atomic mass is 10.0. The Morgan fingerprint density at radius 3 is 2.71 bits per heavy atom. The number of benzene rings is 1. The molecule has 0 bridgehead atoms. The van der Waals surface area contributed by atoms with E-state index in [1.54, 1.807) is 12.3 Å². The highest BCUT2D eigenvalue weighted by molar-refractivity contribution is 7.98.